The molecule has 1 amide bonds. The van der Waals surface area contributed by atoms with E-state index in [0.29, 0.717) is 22.2 Å². The summed E-state index contributed by atoms with van der Waals surface area (Å²) in [6.45, 7) is 2.19. The van der Waals surface area contributed by atoms with Gasteiger partial charge >= 0.3 is 5.97 Å². The van der Waals surface area contributed by atoms with Crippen molar-refractivity contribution in [2.45, 2.75) is 20.0 Å². The maximum atomic E-state index is 11.9. The van der Waals surface area contributed by atoms with Crippen LogP contribution in [0, 0.1) is 6.92 Å². The Balaban J connectivity index is 1.41. The lowest BCUT2D eigenvalue weighted by Crippen LogP contribution is -2.26. The van der Waals surface area contributed by atoms with Gasteiger partial charge in [0.1, 0.15) is 18.6 Å². The van der Waals surface area contributed by atoms with Crippen LogP contribution < -0.4 is 5.32 Å². The van der Waals surface area contributed by atoms with Gasteiger partial charge in [-0.2, -0.15) is 0 Å². The molecular weight excluding hydrogens is 380 g/mol. The summed E-state index contributed by atoms with van der Waals surface area (Å²) in [5.74, 6) is -0.235. The van der Waals surface area contributed by atoms with E-state index < -0.39 is 5.97 Å². The molecule has 3 rings (SSSR count). The van der Waals surface area contributed by atoms with E-state index in [0.717, 1.165) is 11.1 Å². The van der Waals surface area contributed by atoms with Gasteiger partial charge in [0, 0.05) is 22.7 Å². The molecule has 0 spiro atoms. The van der Waals surface area contributed by atoms with Gasteiger partial charge in [0.25, 0.3) is 5.91 Å². The van der Waals surface area contributed by atoms with E-state index in [-0.39, 0.29) is 25.5 Å². The van der Waals surface area contributed by atoms with Crippen LogP contribution in [0.2, 0.25) is 5.02 Å². The molecule has 0 bridgehead atoms. The van der Waals surface area contributed by atoms with Crippen LogP contribution in [0.3, 0.4) is 0 Å². The largest absolute Gasteiger partial charge is 0.459 e. The fourth-order valence-corrected chi connectivity index (χ4v) is 2.54. The Labute approximate surface area is 167 Å². The molecule has 0 radical (unpaired) electrons. The third-order valence-corrected chi connectivity index (χ3v) is 4.20. The molecule has 0 fully saturated rings. The van der Waals surface area contributed by atoms with Gasteiger partial charge in [0.15, 0.2) is 0 Å². The SMILES string of the molecule is Cc1ccc(-c2nc(COC(=O)CCNC(=O)c3ccc(Cl)cc3)co2)cc1. The Morgan fingerprint density at radius 1 is 1.11 bits per heavy atom. The summed E-state index contributed by atoms with van der Waals surface area (Å²) in [7, 11) is 0. The standard InChI is InChI=1S/C21H19ClN2O4/c1-14-2-4-16(5-3-14)21-24-18(13-28-21)12-27-19(25)10-11-23-20(26)15-6-8-17(22)9-7-15/h2-9,13H,10-12H2,1H3,(H,23,26). The average molecular weight is 399 g/mol. The molecule has 3 aromatic rings. The third-order valence-electron chi connectivity index (χ3n) is 3.95. The Bertz CT molecular complexity index is 949. The number of oxazole rings is 1. The summed E-state index contributed by atoms with van der Waals surface area (Å²) >= 11 is 5.79. The summed E-state index contributed by atoms with van der Waals surface area (Å²) in [6, 6.07) is 14.3. The van der Waals surface area contributed by atoms with Crippen molar-refractivity contribution < 1.29 is 18.7 Å². The molecule has 0 aliphatic heterocycles. The molecule has 0 saturated heterocycles. The highest BCUT2D eigenvalue weighted by molar-refractivity contribution is 6.30. The predicted octanol–water partition coefficient (Wildman–Crippen LogP) is 4.17. The summed E-state index contributed by atoms with van der Waals surface area (Å²) in [6.07, 6.45) is 1.52. The van der Waals surface area contributed by atoms with Crippen LogP contribution in [-0.4, -0.2) is 23.4 Å². The minimum absolute atomic E-state index is 0.0132. The Hall–Kier alpha value is -3.12. The number of halogens is 1. The van der Waals surface area contributed by atoms with E-state index in [9.17, 15) is 9.59 Å². The highest BCUT2D eigenvalue weighted by Gasteiger charge is 2.10. The molecule has 0 atom stereocenters. The highest BCUT2D eigenvalue weighted by atomic mass is 35.5. The zero-order valence-corrected chi connectivity index (χ0v) is 16.0. The van der Waals surface area contributed by atoms with Gasteiger partial charge in [0.2, 0.25) is 5.89 Å². The van der Waals surface area contributed by atoms with Crippen LogP contribution in [0.15, 0.2) is 59.2 Å². The molecule has 0 unspecified atom stereocenters. The molecule has 0 aliphatic carbocycles. The third kappa shape index (κ3) is 5.44. The van der Waals surface area contributed by atoms with Gasteiger partial charge in [-0.25, -0.2) is 4.98 Å². The zero-order chi connectivity index (χ0) is 19.9. The Morgan fingerprint density at radius 2 is 1.82 bits per heavy atom. The van der Waals surface area contributed by atoms with E-state index in [1.54, 1.807) is 24.3 Å². The van der Waals surface area contributed by atoms with E-state index in [1.807, 2.05) is 31.2 Å². The molecule has 6 nitrogen and oxygen atoms in total. The van der Waals surface area contributed by atoms with Crippen molar-refractivity contribution in [3.63, 3.8) is 0 Å². The van der Waals surface area contributed by atoms with Crippen molar-refractivity contribution in [2.75, 3.05) is 6.54 Å². The second-order valence-corrected chi connectivity index (χ2v) is 6.62. The molecular formula is C21H19ClN2O4. The predicted molar refractivity (Wildman–Crippen MR) is 105 cm³/mol. The van der Waals surface area contributed by atoms with Crippen molar-refractivity contribution in [1.82, 2.24) is 10.3 Å². The maximum Gasteiger partial charge on any atom is 0.307 e. The van der Waals surface area contributed by atoms with Crippen molar-refractivity contribution >= 4 is 23.5 Å². The lowest BCUT2D eigenvalue weighted by atomic mass is 10.1. The molecule has 0 aliphatic rings. The molecule has 7 heteroatoms. The number of carbonyl (C=O) groups excluding carboxylic acids is 2. The van der Waals surface area contributed by atoms with Crippen molar-refractivity contribution in [3.8, 4) is 11.5 Å². The second-order valence-electron chi connectivity index (χ2n) is 6.18. The van der Waals surface area contributed by atoms with Gasteiger partial charge < -0.3 is 14.5 Å². The van der Waals surface area contributed by atoms with Crippen molar-refractivity contribution in [2.24, 2.45) is 0 Å². The number of aryl methyl sites for hydroxylation is 1. The second kappa shape index (κ2) is 9.19. The van der Waals surface area contributed by atoms with Gasteiger partial charge in [-0.05, 0) is 43.3 Å². The number of ether oxygens (including phenoxy) is 1. The summed E-state index contributed by atoms with van der Waals surface area (Å²) in [4.78, 5) is 28.1. The number of amides is 1. The molecule has 1 aromatic heterocycles. The molecule has 0 saturated carbocycles. The Kier molecular flexibility index (Phi) is 6.45. The normalized spacial score (nSPS) is 10.5. The molecule has 1 heterocycles. The minimum atomic E-state index is -0.434. The first kappa shape index (κ1) is 19.6. The number of hydrogen-bond acceptors (Lipinski definition) is 5. The fraction of sp³-hybridized carbons (Fsp3) is 0.190. The molecule has 28 heavy (non-hydrogen) atoms. The first-order valence-corrected chi connectivity index (χ1v) is 9.10. The van der Waals surface area contributed by atoms with E-state index >= 15 is 0 Å². The van der Waals surface area contributed by atoms with Crippen LogP contribution >= 0.6 is 11.6 Å². The first-order valence-electron chi connectivity index (χ1n) is 8.72. The van der Waals surface area contributed by atoms with Crippen LogP contribution in [0.4, 0.5) is 0 Å². The summed E-state index contributed by atoms with van der Waals surface area (Å²) in [5.41, 5.74) is 3.00. The molecule has 1 N–H and O–H groups in total. The zero-order valence-electron chi connectivity index (χ0n) is 15.3. The smallest absolute Gasteiger partial charge is 0.307 e. The number of nitrogens with one attached hydrogen (secondary N) is 1. The maximum absolute atomic E-state index is 11.9. The van der Waals surface area contributed by atoms with Gasteiger partial charge in [0.05, 0.1) is 6.42 Å². The number of hydrogen-bond donors (Lipinski definition) is 1. The summed E-state index contributed by atoms with van der Waals surface area (Å²) < 4.78 is 10.6. The van der Waals surface area contributed by atoms with E-state index in [1.165, 1.54) is 6.26 Å². The first-order chi connectivity index (χ1) is 13.5. The summed E-state index contributed by atoms with van der Waals surface area (Å²) in [5, 5.41) is 3.21. The van der Waals surface area contributed by atoms with Gasteiger partial charge in [-0.3, -0.25) is 9.59 Å². The minimum Gasteiger partial charge on any atom is -0.459 e. The van der Waals surface area contributed by atoms with Crippen molar-refractivity contribution in [1.29, 1.82) is 0 Å². The average Bonchev–Trinajstić information content (AvgIpc) is 3.16. The topological polar surface area (TPSA) is 81.4 Å². The van der Waals surface area contributed by atoms with E-state index in [2.05, 4.69) is 10.3 Å². The number of benzene rings is 2. The monoisotopic (exact) mass is 398 g/mol. The molecule has 2 aromatic carbocycles. The van der Waals surface area contributed by atoms with Crippen LogP contribution in [0.25, 0.3) is 11.5 Å². The highest BCUT2D eigenvalue weighted by Crippen LogP contribution is 2.19. The van der Waals surface area contributed by atoms with Crippen LogP contribution in [-0.2, 0) is 16.1 Å². The molecule has 144 valence electrons. The lowest BCUT2D eigenvalue weighted by molar-refractivity contribution is -0.144. The fourth-order valence-electron chi connectivity index (χ4n) is 2.41. The number of rotatable bonds is 7. The number of carbonyl (C=O) groups is 2. The van der Waals surface area contributed by atoms with Crippen molar-refractivity contribution in [3.05, 3.63) is 76.6 Å². The van der Waals surface area contributed by atoms with Crippen LogP contribution in [0.5, 0.6) is 0 Å². The Morgan fingerprint density at radius 3 is 2.54 bits per heavy atom. The van der Waals surface area contributed by atoms with Crippen LogP contribution in [0.1, 0.15) is 28.0 Å². The lowest BCUT2D eigenvalue weighted by Gasteiger charge is -2.05. The number of aromatic nitrogens is 1. The number of esters is 1. The van der Waals surface area contributed by atoms with Gasteiger partial charge in [-0.15, -0.1) is 0 Å². The van der Waals surface area contributed by atoms with Gasteiger partial charge in [-0.1, -0.05) is 29.3 Å². The van der Waals surface area contributed by atoms with E-state index in [4.69, 9.17) is 20.8 Å². The quantitative estimate of drug-likeness (QED) is 0.604. The number of nitrogens with zero attached hydrogens (tertiary/aromatic N) is 1.